The largest absolute Gasteiger partial charge is 0.321 e. The third kappa shape index (κ3) is 4.38. The summed E-state index contributed by atoms with van der Waals surface area (Å²) in [4.78, 5) is 11.9. The van der Waals surface area contributed by atoms with Crippen LogP contribution >= 0.6 is 0 Å². The van der Waals surface area contributed by atoms with Crippen LogP contribution in [0.25, 0.3) is 0 Å². The van der Waals surface area contributed by atoms with Gasteiger partial charge in [-0.25, -0.2) is 0 Å². The number of allylic oxidation sites excluding steroid dienone is 1. The SMILES string of the molecule is N#C/C(=C\C#Cc1ccccc1)C(=O)Nc1ccccc1. The summed E-state index contributed by atoms with van der Waals surface area (Å²) >= 11 is 0. The molecule has 0 saturated carbocycles. The van der Waals surface area contributed by atoms with E-state index in [4.69, 9.17) is 5.26 Å². The van der Waals surface area contributed by atoms with E-state index in [1.165, 1.54) is 6.08 Å². The molecule has 0 atom stereocenters. The number of nitriles is 1. The molecule has 0 spiro atoms. The second kappa shape index (κ2) is 7.33. The number of nitrogens with one attached hydrogen (secondary N) is 1. The first-order valence-corrected chi connectivity index (χ1v) is 6.33. The quantitative estimate of drug-likeness (QED) is 0.519. The van der Waals surface area contributed by atoms with Crippen LogP contribution < -0.4 is 5.32 Å². The lowest BCUT2D eigenvalue weighted by Crippen LogP contribution is -2.13. The van der Waals surface area contributed by atoms with Crippen LogP contribution in [-0.4, -0.2) is 5.91 Å². The highest BCUT2D eigenvalue weighted by Gasteiger charge is 2.07. The van der Waals surface area contributed by atoms with Gasteiger partial charge in [-0.3, -0.25) is 4.79 Å². The fourth-order valence-electron chi connectivity index (χ4n) is 1.58. The molecule has 0 bridgehead atoms. The van der Waals surface area contributed by atoms with E-state index in [9.17, 15) is 4.79 Å². The van der Waals surface area contributed by atoms with Gasteiger partial charge in [-0.1, -0.05) is 48.2 Å². The van der Waals surface area contributed by atoms with E-state index in [0.717, 1.165) is 5.56 Å². The Balaban J connectivity index is 2.09. The minimum atomic E-state index is -0.467. The topological polar surface area (TPSA) is 52.9 Å². The first-order chi connectivity index (χ1) is 10.3. The van der Waals surface area contributed by atoms with Crippen LogP contribution in [-0.2, 0) is 4.79 Å². The lowest BCUT2D eigenvalue weighted by molar-refractivity contribution is -0.112. The predicted molar refractivity (Wildman–Crippen MR) is 82.1 cm³/mol. The normalized spacial score (nSPS) is 9.95. The Morgan fingerprint density at radius 1 is 1.00 bits per heavy atom. The molecule has 0 heterocycles. The first kappa shape index (κ1) is 14.1. The van der Waals surface area contributed by atoms with Crippen molar-refractivity contribution in [3.8, 4) is 17.9 Å². The second-order valence-corrected chi connectivity index (χ2v) is 4.13. The highest BCUT2D eigenvalue weighted by molar-refractivity contribution is 6.06. The number of hydrogen-bond acceptors (Lipinski definition) is 2. The van der Waals surface area contributed by atoms with Crippen molar-refractivity contribution in [2.75, 3.05) is 5.32 Å². The molecule has 0 aliphatic rings. The minimum absolute atomic E-state index is 0.0257. The molecular weight excluding hydrogens is 260 g/mol. The van der Waals surface area contributed by atoms with Gasteiger partial charge in [0.1, 0.15) is 11.6 Å². The molecule has 0 aromatic heterocycles. The van der Waals surface area contributed by atoms with Crippen molar-refractivity contribution >= 4 is 11.6 Å². The molecule has 1 amide bonds. The fourth-order valence-corrected chi connectivity index (χ4v) is 1.58. The fraction of sp³-hybridized carbons (Fsp3) is 0. The van der Waals surface area contributed by atoms with E-state index in [-0.39, 0.29) is 5.57 Å². The van der Waals surface area contributed by atoms with E-state index >= 15 is 0 Å². The molecule has 0 aliphatic heterocycles. The third-order valence-electron chi connectivity index (χ3n) is 2.60. The molecule has 2 aromatic carbocycles. The summed E-state index contributed by atoms with van der Waals surface area (Å²) < 4.78 is 0. The maximum absolute atomic E-state index is 11.9. The first-order valence-electron chi connectivity index (χ1n) is 6.33. The molecule has 3 heteroatoms. The van der Waals surface area contributed by atoms with Crippen molar-refractivity contribution in [2.45, 2.75) is 0 Å². The number of nitrogens with zero attached hydrogens (tertiary/aromatic N) is 1. The smallest absolute Gasteiger partial charge is 0.266 e. The van der Waals surface area contributed by atoms with E-state index in [0.29, 0.717) is 5.69 Å². The summed E-state index contributed by atoms with van der Waals surface area (Å²) in [6.45, 7) is 0. The Labute approximate surface area is 123 Å². The highest BCUT2D eigenvalue weighted by atomic mass is 16.1. The van der Waals surface area contributed by atoms with Gasteiger partial charge in [0.2, 0.25) is 0 Å². The minimum Gasteiger partial charge on any atom is -0.321 e. The molecule has 0 saturated heterocycles. The van der Waals surface area contributed by atoms with E-state index in [2.05, 4.69) is 17.2 Å². The average molecular weight is 272 g/mol. The Hall–Kier alpha value is -3.30. The molecule has 2 rings (SSSR count). The Morgan fingerprint density at radius 3 is 2.24 bits per heavy atom. The number of carbonyl (C=O) groups is 1. The van der Waals surface area contributed by atoms with Crippen LogP contribution in [0.3, 0.4) is 0 Å². The van der Waals surface area contributed by atoms with Crippen LogP contribution in [0, 0.1) is 23.2 Å². The summed E-state index contributed by atoms with van der Waals surface area (Å²) in [5.41, 5.74) is 1.44. The van der Waals surface area contributed by atoms with Crippen LogP contribution in [0.15, 0.2) is 72.3 Å². The Morgan fingerprint density at radius 2 is 1.62 bits per heavy atom. The molecule has 0 radical (unpaired) electrons. The number of anilines is 1. The van der Waals surface area contributed by atoms with Gasteiger partial charge in [-0.15, -0.1) is 0 Å². The van der Waals surface area contributed by atoms with Crippen LogP contribution in [0.2, 0.25) is 0 Å². The molecule has 21 heavy (non-hydrogen) atoms. The zero-order valence-electron chi connectivity index (χ0n) is 11.2. The molecule has 2 aromatic rings. The van der Waals surface area contributed by atoms with Gasteiger partial charge in [-0.05, 0) is 24.3 Å². The van der Waals surface area contributed by atoms with Gasteiger partial charge in [-0.2, -0.15) is 5.26 Å². The number of benzene rings is 2. The average Bonchev–Trinajstić information content (AvgIpc) is 2.53. The summed E-state index contributed by atoms with van der Waals surface area (Å²) in [7, 11) is 0. The lowest BCUT2D eigenvalue weighted by atomic mass is 10.2. The zero-order chi connectivity index (χ0) is 14.9. The van der Waals surface area contributed by atoms with E-state index in [1.807, 2.05) is 42.5 Å². The van der Waals surface area contributed by atoms with Crippen molar-refractivity contribution in [1.29, 1.82) is 5.26 Å². The molecule has 100 valence electrons. The zero-order valence-corrected chi connectivity index (χ0v) is 11.2. The number of rotatable bonds is 2. The maximum atomic E-state index is 11.9. The molecule has 3 nitrogen and oxygen atoms in total. The monoisotopic (exact) mass is 272 g/mol. The van der Waals surface area contributed by atoms with Gasteiger partial charge in [0.15, 0.2) is 0 Å². The summed E-state index contributed by atoms with van der Waals surface area (Å²) in [6, 6.07) is 20.2. The summed E-state index contributed by atoms with van der Waals surface area (Å²) in [6.07, 6.45) is 1.32. The number of hydrogen-bond donors (Lipinski definition) is 1. The number of amides is 1. The summed E-state index contributed by atoms with van der Waals surface area (Å²) in [5, 5.41) is 11.7. The van der Waals surface area contributed by atoms with Crippen LogP contribution in [0.4, 0.5) is 5.69 Å². The standard InChI is InChI=1S/C18H12N2O/c19-14-16(11-7-10-15-8-3-1-4-9-15)18(21)20-17-12-5-2-6-13-17/h1-6,8-9,11-13H,(H,20,21)/b16-11+. The van der Waals surface area contributed by atoms with Crippen molar-refractivity contribution < 1.29 is 4.79 Å². The number of carbonyl (C=O) groups excluding carboxylic acids is 1. The third-order valence-corrected chi connectivity index (χ3v) is 2.60. The Kier molecular flexibility index (Phi) is 4.93. The highest BCUT2D eigenvalue weighted by Crippen LogP contribution is 2.07. The van der Waals surface area contributed by atoms with E-state index in [1.54, 1.807) is 24.3 Å². The second-order valence-electron chi connectivity index (χ2n) is 4.13. The van der Waals surface area contributed by atoms with Gasteiger partial charge in [0, 0.05) is 17.3 Å². The van der Waals surface area contributed by atoms with Crippen molar-refractivity contribution in [3.63, 3.8) is 0 Å². The van der Waals surface area contributed by atoms with Gasteiger partial charge >= 0.3 is 0 Å². The molecule has 1 N–H and O–H groups in total. The molecule has 0 unspecified atom stereocenters. The predicted octanol–water partition coefficient (Wildman–Crippen LogP) is 3.13. The van der Waals surface area contributed by atoms with Gasteiger partial charge in [0.05, 0.1) is 0 Å². The van der Waals surface area contributed by atoms with Gasteiger partial charge in [0.25, 0.3) is 5.91 Å². The Bertz CT molecular complexity index is 745. The van der Waals surface area contributed by atoms with Crippen molar-refractivity contribution in [1.82, 2.24) is 0 Å². The van der Waals surface area contributed by atoms with Crippen molar-refractivity contribution in [3.05, 3.63) is 77.9 Å². The summed E-state index contributed by atoms with van der Waals surface area (Å²) in [5.74, 6) is 5.13. The van der Waals surface area contributed by atoms with Crippen LogP contribution in [0.1, 0.15) is 5.56 Å². The lowest BCUT2D eigenvalue weighted by Gasteiger charge is -2.02. The molecule has 0 fully saturated rings. The maximum Gasteiger partial charge on any atom is 0.266 e. The number of para-hydroxylation sites is 1. The van der Waals surface area contributed by atoms with Gasteiger partial charge < -0.3 is 5.32 Å². The molecule has 0 aliphatic carbocycles. The van der Waals surface area contributed by atoms with Crippen molar-refractivity contribution in [2.24, 2.45) is 0 Å². The van der Waals surface area contributed by atoms with Crippen LogP contribution in [0.5, 0.6) is 0 Å². The van der Waals surface area contributed by atoms with E-state index < -0.39 is 5.91 Å². The molecular formula is C18H12N2O.